The van der Waals surface area contributed by atoms with Crippen molar-refractivity contribution in [3.63, 3.8) is 0 Å². The maximum Gasteiger partial charge on any atom is 0.229 e. The standard InChI is InChI=1S/C21H24O7/c1-23-14-8-10-15(11-9-14)26-21-17(22)19(24-2)18-16(27-21)12-25-20(28-18)13-6-4-3-5-7-13/h3-11,16-22H,12H2,1-2H3/t16?,17?,18?,19?,20?,21-/m1/s1. The SMILES string of the molecule is COc1ccc(O[C@@H]2OC3COC(c4ccccc4)OC3C(OC)C2O)cc1. The van der Waals surface area contributed by atoms with E-state index < -0.39 is 37.0 Å². The van der Waals surface area contributed by atoms with Crippen molar-refractivity contribution in [2.75, 3.05) is 20.8 Å². The quantitative estimate of drug-likeness (QED) is 0.842. The Morgan fingerprint density at radius 2 is 1.64 bits per heavy atom. The highest BCUT2D eigenvalue weighted by molar-refractivity contribution is 5.31. The van der Waals surface area contributed by atoms with Gasteiger partial charge in [-0.05, 0) is 24.3 Å². The lowest BCUT2D eigenvalue weighted by atomic mass is 9.97. The van der Waals surface area contributed by atoms with Crippen LogP contribution in [0.15, 0.2) is 54.6 Å². The molecule has 0 aliphatic carbocycles. The Kier molecular flexibility index (Phi) is 5.79. The molecule has 5 unspecified atom stereocenters. The number of methoxy groups -OCH3 is 2. The molecule has 4 rings (SSSR count). The zero-order valence-electron chi connectivity index (χ0n) is 15.8. The third kappa shape index (κ3) is 3.85. The topological polar surface area (TPSA) is 75.6 Å². The average Bonchev–Trinajstić information content (AvgIpc) is 2.75. The first kappa shape index (κ1) is 19.2. The van der Waals surface area contributed by atoms with Crippen molar-refractivity contribution in [1.82, 2.24) is 0 Å². The van der Waals surface area contributed by atoms with Gasteiger partial charge in [-0.2, -0.15) is 0 Å². The second kappa shape index (κ2) is 8.46. The van der Waals surface area contributed by atoms with Crippen LogP contribution in [0, 0.1) is 0 Å². The first-order valence-corrected chi connectivity index (χ1v) is 9.18. The molecule has 6 atom stereocenters. The second-order valence-corrected chi connectivity index (χ2v) is 6.70. The van der Waals surface area contributed by atoms with E-state index in [9.17, 15) is 5.11 Å². The molecule has 2 aliphatic rings. The number of aliphatic hydroxyl groups excluding tert-OH is 1. The minimum atomic E-state index is -1.03. The van der Waals surface area contributed by atoms with Crippen molar-refractivity contribution in [1.29, 1.82) is 0 Å². The van der Waals surface area contributed by atoms with Gasteiger partial charge in [-0.15, -0.1) is 0 Å². The Morgan fingerprint density at radius 3 is 2.32 bits per heavy atom. The van der Waals surface area contributed by atoms with Gasteiger partial charge in [-0.3, -0.25) is 0 Å². The molecule has 0 spiro atoms. The summed E-state index contributed by atoms with van der Waals surface area (Å²) in [5.74, 6) is 1.27. The van der Waals surface area contributed by atoms with E-state index in [0.29, 0.717) is 18.1 Å². The molecule has 1 N–H and O–H groups in total. The van der Waals surface area contributed by atoms with Crippen LogP contribution in [0.4, 0.5) is 0 Å². The van der Waals surface area contributed by atoms with E-state index in [0.717, 1.165) is 5.56 Å². The summed E-state index contributed by atoms with van der Waals surface area (Å²) in [6, 6.07) is 16.7. The molecule has 0 aromatic heterocycles. The summed E-state index contributed by atoms with van der Waals surface area (Å²) in [5, 5.41) is 10.8. The fraction of sp³-hybridized carbons (Fsp3) is 0.429. The molecule has 2 saturated heterocycles. The zero-order valence-corrected chi connectivity index (χ0v) is 15.8. The summed E-state index contributed by atoms with van der Waals surface area (Å²) in [5.41, 5.74) is 0.905. The monoisotopic (exact) mass is 388 g/mol. The lowest BCUT2D eigenvalue weighted by Gasteiger charge is -2.47. The highest BCUT2D eigenvalue weighted by Gasteiger charge is 2.50. The largest absolute Gasteiger partial charge is 0.497 e. The lowest BCUT2D eigenvalue weighted by molar-refractivity contribution is -0.352. The summed E-state index contributed by atoms with van der Waals surface area (Å²) in [4.78, 5) is 0. The molecule has 2 aliphatic heterocycles. The molecule has 7 nitrogen and oxygen atoms in total. The van der Waals surface area contributed by atoms with Crippen LogP contribution in [0.2, 0.25) is 0 Å². The van der Waals surface area contributed by atoms with Gasteiger partial charge in [0.2, 0.25) is 6.29 Å². The molecule has 2 aromatic carbocycles. The predicted octanol–water partition coefficient (Wildman–Crippen LogP) is 2.29. The Hall–Kier alpha value is -2.16. The van der Waals surface area contributed by atoms with Gasteiger partial charge in [0.1, 0.15) is 35.9 Å². The fourth-order valence-electron chi connectivity index (χ4n) is 3.50. The van der Waals surface area contributed by atoms with Crippen molar-refractivity contribution in [3.05, 3.63) is 60.2 Å². The van der Waals surface area contributed by atoms with E-state index >= 15 is 0 Å². The summed E-state index contributed by atoms with van der Waals surface area (Å²) in [7, 11) is 3.13. The number of fused-ring (bicyclic) bond motifs is 1. The van der Waals surface area contributed by atoms with E-state index in [2.05, 4.69) is 0 Å². The molecule has 2 aromatic rings. The normalized spacial score (nSPS) is 32.4. The molecular formula is C21H24O7. The highest BCUT2D eigenvalue weighted by Crippen LogP contribution is 2.35. The molecule has 0 bridgehead atoms. The van der Waals surface area contributed by atoms with Gasteiger partial charge < -0.3 is 33.5 Å². The van der Waals surface area contributed by atoms with Gasteiger partial charge in [0.15, 0.2) is 6.29 Å². The number of rotatable bonds is 5. The number of benzene rings is 2. The molecule has 0 radical (unpaired) electrons. The van der Waals surface area contributed by atoms with Gasteiger partial charge in [0, 0.05) is 12.7 Å². The summed E-state index contributed by atoms with van der Waals surface area (Å²) < 4.78 is 34.4. The minimum Gasteiger partial charge on any atom is -0.497 e. The maximum atomic E-state index is 10.8. The molecule has 2 heterocycles. The van der Waals surface area contributed by atoms with Crippen molar-refractivity contribution in [2.45, 2.75) is 37.0 Å². The Labute approximate surface area is 163 Å². The minimum absolute atomic E-state index is 0.305. The van der Waals surface area contributed by atoms with Crippen molar-refractivity contribution >= 4 is 0 Å². The number of hydrogen-bond donors (Lipinski definition) is 1. The fourth-order valence-corrected chi connectivity index (χ4v) is 3.50. The summed E-state index contributed by atoms with van der Waals surface area (Å²) >= 11 is 0. The van der Waals surface area contributed by atoms with Crippen molar-refractivity contribution < 1.29 is 33.5 Å². The van der Waals surface area contributed by atoms with Crippen LogP contribution in [-0.2, 0) is 18.9 Å². The van der Waals surface area contributed by atoms with Crippen LogP contribution >= 0.6 is 0 Å². The van der Waals surface area contributed by atoms with Crippen LogP contribution < -0.4 is 9.47 Å². The van der Waals surface area contributed by atoms with Gasteiger partial charge in [-0.1, -0.05) is 30.3 Å². The van der Waals surface area contributed by atoms with Gasteiger partial charge in [0.05, 0.1) is 13.7 Å². The van der Waals surface area contributed by atoms with E-state index in [1.165, 1.54) is 7.11 Å². The van der Waals surface area contributed by atoms with Crippen molar-refractivity contribution in [3.8, 4) is 11.5 Å². The Balaban J connectivity index is 1.47. The van der Waals surface area contributed by atoms with Crippen LogP contribution in [0.25, 0.3) is 0 Å². The Morgan fingerprint density at radius 1 is 0.929 bits per heavy atom. The van der Waals surface area contributed by atoms with E-state index in [1.54, 1.807) is 31.4 Å². The van der Waals surface area contributed by atoms with Crippen molar-refractivity contribution in [2.24, 2.45) is 0 Å². The number of aliphatic hydroxyl groups is 1. The lowest BCUT2D eigenvalue weighted by Crippen LogP contribution is -2.63. The number of hydrogen-bond acceptors (Lipinski definition) is 7. The first-order valence-electron chi connectivity index (χ1n) is 9.18. The third-order valence-corrected chi connectivity index (χ3v) is 4.96. The summed E-state index contributed by atoms with van der Waals surface area (Å²) in [6.07, 6.45) is -3.97. The third-order valence-electron chi connectivity index (χ3n) is 4.96. The average molecular weight is 388 g/mol. The van der Waals surface area contributed by atoms with Gasteiger partial charge in [0.25, 0.3) is 0 Å². The second-order valence-electron chi connectivity index (χ2n) is 6.70. The number of ether oxygens (including phenoxy) is 6. The highest BCUT2D eigenvalue weighted by atomic mass is 16.8. The predicted molar refractivity (Wildman–Crippen MR) is 99.1 cm³/mol. The molecule has 28 heavy (non-hydrogen) atoms. The van der Waals surface area contributed by atoms with Crippen LogP contribution in [0.3, 0.4) is 0 Å². The summed E-state index contributed by atoms with van der Waals surface area (Å²) in [6.45, 7) is 0.305. The molecule has 0 amide bonds. The molecule has 7 heteroatoms. The zero-order chi connectivity index (χ0) is 19.5. The van der Waals surface area contributed by atoms with Crippen LogP contribution in [-0.4, -0.2) is 56.6 Å². The van der Waals surface area contributed by atoms with E-state index in [-0.39, 0.29) is 0 Å². The van der Waals surface area contributed by atoms with E-state index in [4.69, 9.17) is 28.4 Å². The first-order chi connectivity index (χ1) is 13.7. The van der Waals surface area contributed by atoms with E-state index in [1.807, 2.05) is 30.3 Å². The van der Waals surface area contributed by atoms with Gasteiger partial charge in [-0.25, -0.2) is 0 Å². The smallest absolute Gasteiger partial charge is 0.229 e. The maximum absolute atomic E-state index is 10.8. The van der Waals surface area contributed by atoms with Crippen LogP contribution in [0.5, 0.6) is 11.5 Å². The Bertz CT molecular complexity index is 751. The van der Waals surface area contributed by atoms with Crippen LogP contribution in [0.1, 0.15) is 11.9 Å². The molecular weight excluding hydrogens is 364 g/mol. The molecule has 2 fully saturated rings. The molecule has 0 saturated carbocycles. The molecule has 150 valence electrons. The van der Waals surface area contributed by atoms with Gasteiger partial charge >= 0.3 is 0 Å².